The van der Waals surface area contributed by atoms with E-state index in [4.69, 9.17) is 16.2 Å². The molecular formula is C10H19N3O3. The summed E-state index contributed by atoms with van der Waals surface area (Å²) >= 11 is 0. The van der Waals surface area contributed by atoms with Crippen molar-refractivity contribution in [3.63, 3.8) is 0 Å². The number of hydrogen-bond acceptors (Lipinski definition) is 4. The molecule has 1 saturated heterocycles. The van der Waals surface area contributed by atoms with Gasteiger partial charge >= 0.3 is 0 Å². The summed E-state index contributed by atoms with van der Waals surface area (Å²) in [4.78, 5) is 24.7. The largest absolute Gasteiger partial charge is 0.370 e. The van der Waals surface area contributed by atoms with Crippen molar-refractivity contribution in [2.45, 2.75) is 31.4 Å². The molecule has 0 aromatic carbocycles. The van der Waals surface area contributed by atoms with Gasteiger partial charge in [-0.3, -0.25) is 9.59 Å². The van der Waals surface area contributed by atoms with Gasteiger partial charge in [0, 0.05) is 20.2 Å². The maximum atomic E-state index is 12.0. The van der Waals surface area contributed by atoms with Gasteiger partial charge in [-0.1, -0.05) is 0 Å². The Balaban J connectivity index is 2.74. The minimum Gasteiger partial charge on any atom is -0.370 e. The summed E-state index contributed by atoms with van der Waals surface area (Å²) in [6, 6.07) is -0.509. The SMILES string of the molecule is COC(CN)C(=O)N1CCCCC1C(N)=O. The van der Waals surface area contributed by atoms with Crippen LogP contribution in [-0.2, 0) is 14.3 Å². The van der Waals surface area contributed by atoms with Gasteiger partial charge in [0.1, 0.15) is 12.1 Å². The Labute approximate surface area is 94.9 Å². The standard InChI is InChI=1S/C10H19N3O3/c1-16-8(6-11)10(15)13-5-3-2-4-7(13)9(12)14/h7-8H,2-6,11H2,1H3,(H2,12,14). The molecule has 0 radical (unpaired) electrons. The minimum atomic E-state index is -0.681. The third-order valence-corrected chi connectivity index (χ3v) is 2.89. The first-order valence-electron chi connectivity index (χ1n) is 5.44. The van der Waals surface area contributed by atoms with Crippen molar-refractivity contribution >= 4 is 11.8 Å². The molecule has 2 unspecified atom stereocenters. The number of amides is 2. The molecule has 2 atom stereocenters. The highest BCUT2D eigenvalue weighted by molar-refractivity contribution is 5.88. The Morgan fingerprint density at radius 1 is 1.50 bits per heavy atom. The van der Waals surface area contributed by atoms with Crippen molar-refractivity contribution < 1.29 is 14.3 Å². The van der Waals surface area contributed by atoms with Crippen LogP contribution < -0.4 is 11.5 Å². The Morgan fingerprint density at radius 3 is 2.69 bits per heavy atom. The first kappa shape index (κ1) is 12.9. The molecule has 1 aliphatic rings. The molecule has 2 amide bonds. The molecule has 0 spiro atoms. The van der Waals surface area contributed by atoms with Crippen molar-refractivity contribution in [3.05, 3.63) is 0 Å². The summed E-state index contributed by atoms with van der Waals surface area (Å²) in [5.41, 5.74) is 10.7. The number of nitrogens with zero attached hydrogens (tertiary/aromatic N) is 1. The number of nitrogens with two attached hydrogens (primary N) is 2. The molecule has 0 bridgehead atoms. The maximum Gasteiger partial charge on any atom is 0.253 e. The predicted molar refractivity (Wildman–Crippen MR) is 58.4 cm³/mol. The quantitative estimate of drug-likeness (QED) is 0.634. The van der Waals surface area contributed by atoms with Crippen LogP contribution in [0.15, 0.2) is 0 Å². The van der Waals surface area contributed by atoms with Gasteiger partial charge < -0.3 is 21.1 Å². The summed E-state index contributed by atoms with van der Waals surface area (Å²) in [6.45, 7) is 0.656. The molecule has 92 valence electrons. The average molecular weight is 229 g/mol. The lowest BCUT2D eigenvalue weighted by molar-refractivity contribution is -0.149. The number of piperidine rings is 1. The van der Waals surface area contributed by atoms with E-state index >= 15 is 0 Å². The van der Waals surface area contributed by atoms with E-state index in [9.17, 15) is 9.59 Å². The van der Waals surface area contributed by atoms with Crippen molar-refractivity contribution in [2.75, 3.05) is 20.2 Å². The molecule has 6 nitrogen and oxygen atoms in total. The molecule has 1 rings (SSSR count). The van der Waals surface area contributed by atoms with Crippen LogP contribution in [0.25, 0.3) is 0 Å². The number of rotatable bonds is 4. The molecule has 1 aliphatic heterocycles. The van der Waals surface area contributed by atoms with Crippen molar-refractivity contribution in [3.8, 4) is 0 Å². The van der Waals surface area contributed by atoms with Crippen LogP contribution in [0.4, 0.5) is 0 Å². The van der Waals surface area contributed by atoms with Crippen LogP contribution in [0.2, 0.25) is 0 Å². The first-order valence-corrected chi connectivity index (χ1v) is 5.44. The zero-order valence-corrected chi connectivity index (χ0v) is 9.52. The van der Waals surface area contributed by atoms with E-state index in [1.807, 2.05) is 0 Å². The van der Waals surface area contributed by atoms with Crippen LogP contribution in [0.1, 0.15) is 19.3 Å². The number of hydrogen-bond donors (Lipinski definition) is 2. The second-order valence-electron chi connectivity index (χ2n) is 3.91. The third-order valence-electron chi connectivity index (χ3n) is 2.89. The molecule has 1 fully saturated rings. The Hall–Kier alpha value is -1.14. The molecule has 0 aromatic rings. The van der Waals surface area contributed by atoms with Crippen molar-refractivity contribution in [2.24, 2.45) is 11.5 Å². The zero-order chi connectivity index (χ0) is 12.1. The summed E-state index contributed by atoms with van der Waals surface area (Å²) < 4.78 is 4.97. The molecule has 0 aliphatic carbocycles. The summed E-state index contributed by atoms with van der Waals surface area (Å²) in [5.74, 6) is -0.701. The van der Waals surface area contributed by atoms with E-state index < -0.39 is 18.1 Å². The van der Waals surface area contributed by atoms with Gasteiger partial charge in [-0.2, -0.15) is 0 Å². The Kier molecular flexibility index (Phi) is 4.70. The van der Waals surface area contributed by atoms with Gasteiger partial charge in [0.05, 0.1) is 0 Å². The summed E-state index contributed by atoms with van der Waals surface area (Å²) in [7, 11) is 1.43. The van der Waals surface area contributed by atoms with Crippen LogP contribution >= 0.6 is 0 Å². The van der Waals surface area contributed by atoms with Gasteiger partial charge in [-0.15, -0.1) is 0 Å². The van der Waals surface area contributed by atoms with Crippen LogP contribution in [0.5, 0.6) is 0 Å². The number of primary amides is 1. The van der Waals surface area contributed by atoms with E-state index in [-0.39, 0.29) is 12.5 Å². The highest BCUT2D eigenvalue weighted by Crippen LogP contribution is 2.18. The highest BCUT2D eigenvalue weighted by Gasteiger charge is 2.33. The van der Waals surface area contributed by atoms with E-state index in [2.05, 4.69) is 0 Å². The molecule has 16 heavy (non-hydrogen) atoms. The summed E-state index contributed by atoms with van der Waals surface area (Å²) in [5, 5.41) is 0. The van der Waals surface area contributed by atoms with Crippen molar-refractivity contribution in [1.29, 1.82) is 0 Å². The van der Waals surface area contributed by atoms with Gasteiger partial charge in [0.15, 0.2) is 0 Å². The van der Waals surface area contributed by atoms with Gasteiger partial charge in [0.2, 0.25) is 5.91 Å². The maximum absolute atomic E-state index is 12.0. The normalized spacial score (nSPS) is 22.9. The third kappa shape index (κ3) is 2.70. The molecule has 6 heteroatoms. The monoisotopic (exact) mass is 229 g/mol. The van der Waals surface area contributed by atoms with Crippen LogP contribution in [-0.4, -0.2) is 49.1 Å². The molecule has 0 saturated carbocycles. The second-order valence-corrected chi connectivity index (χ2v) is 3.91. The van der Waals surface area contributed by atoms with E-state index in [1.54, 1.807) is 0 Å². The number of carbonyl (C=O) groups excluding carboxylic acids is 2. The minimum absolute atomic E-state index is 0.108. The predicted octanol–water partition coefficient (Wildman–Crippen LogP) is -1.17. The topological polar surface area (TPSA) is 98.7 Å². The average Bonchev–Trinajstić information content (AvgIpc) is 2.30. The number of carbonyl (C=O) groups is 2. The lowest BCUT2D eigenvalue weighted by Gasteiger charge is -2.35. The van der Waals surface area contributed by atoms with Crippen LogP contribution in [0.3, 0.4) is 0 Å². The molecule has 0 aromatic heterocycles. The lowest BCUT2D eigenvalue weighted by Crippen LogP contribution is -2.54. The molecule has 4 N–H and O–H groups in total. The zero-order valence-electron chi connectivity index (χ0n) is 9.52. The van der Waals surface area contributed by atoms with Gasteiger partial charge in [-0.25, -0.2) is 0 Å². The lowest BCUT2D eigenvalue weighted by atomic mass is 10.0. The second kappa shape index (κ2) is 5.81. The fraction of sp³-hybridized carbons (Fsp3) is 0.800. The van der Waals surface area contributed by atoms with Gasteiger partial charge in [0.25, 0.3) is 5.91 Å². The molecular weight excluding hydrogens is 210 g/mol. The Morgan fingerprint density at radius 2 is 2.19 bits per heavy atom. The fourth-order valence-corrected chi connectivity index (χ4v) is 1.97. The Bertz CT molecular complexity index is 266. The van der Waals surface area contributed by atoms with E-state index in [1.165, 1.54) is 12.0 Å². The van der Waals surface area contributed by atoms with E-state index in [0.717, 1.165) is 12.8 Å². The molecule has 1 heterocycles. The van der Waals surface area contributed by atoms with Gasteiger partial charge in [-0.05, 0) is 19.3 Å². The smallest absolute Gasteiger partial charge is 0.253 e. The fourth-order valence-electron chi connectivity index (χ4n) is 1.97. The van der Waals surface area contributed by atoms with E-state index in [0.29, 0.717) is 13.0 Å². The van der Waals surface area contributed by atoms with Crippen LogP contribution in [0, 0.1) is 0 Å². The first-order chi connectivity index (χ1) is 7.61. The summed E-state index contributed by atoms with van der Waals surface area (Å²) in [6.07, 6.45) is 1.75. The number of methoxy groups -OCH3 is 1. The highest BCUT2D eigenvalue weighted by atomic mass is 16.5. The van der Waals surface area contributed by atoms with Crippen molar-refractivity contribution in [1.82, 2.24) is 4.90 Å². The number of likely N-dealkylation sites (tertiary alicyclic amines) is 1. The number of ether oxygens (including phenoxy) is 1.